The lowest BCUT2D eigenvalue weighted by molar-refractivity contribution is -0.141. The highest BCUT2D eigenvalue weighted by Crippen LogP contribution is 2.32. The average Bonchev–Trinajstić information content (AvgIpc) is 3.51. The first kappa shape index (κ1) is 21.7. The lowest BCUT2D eigenvalue weighted by atomic mass is 10.0. The molecule has 2 amide bonds. The Morgan fingerprint density at radius 2 is 2.16 bits per heavy atom. The number of amides is 2. The molecule has 1 aromatic heterocycles. The fourth-order valence-electron chi connectivity index (χ4n) is 3.63. The molecule has 0 radical (unpaired) electrons. The zero-order valence-corrected chi connectivity index (χ0v) is 18.7. The summed E-state index contributed by atoms with van der Waals surface area (Å²) in [5.74, 6) is -0.0782. The van der Waals surface area contributed by atoms with E-state index in [0.29, 0.717) is 23.7 Å². The highest BCUT2D eigenvalue weighted by atomic mass is 32.2. The summed E-state index contributed by atoms with van der Waals surface area (Å²) in [7, 11) is -1.88. The topological polar surface area (TPSA) is 109 Å². The molecule has 11 heteroatoms. The predicted molar refractivity (Wildman–Crippen MR) is 116 cm³/mol. The van der Waals surface area contributed by atoms with Crippen LogP contribution < -0.4 is 10.1 Å². The van der Waals surface area contributed by atoms with Crippen LogP contribution in [0.15, 0.2) is 35.8 Å². The second-order valence-electron chi connectivity index (χ2n) is 7.56. The van der Waals surface area contributed by atoms with Gasteiger partial charge in [-0.2, -0.15) is 4.31 Å². The van der Waals surface area contributed by atoms with E-state index in [4.69, 9.17) is 4.74 Å². The van der Waals surface area contributed by atoms with Crippen molar-refractivity contribution in [3.05, 3.63) is 41.4 Å². The second kappa shape index (κ2) is 8.93. The number of aromatic nitrogens is 1. The molecule has 2 aliphatic rings. The Balaban J connectivity index is 1.54. The van der Waals surface area contributed by atoms with Crippen LogP contribution in [0.25, 0.3) is 0 Å². The minimum Gasteiger partial charge on any atom is -0.497 e. The minimum atomic E-state index is -3.44. The zero-order chi connectivity index (χ0) is 22.0. The molecule has 1 aliphatic carbocycles. The minimum absolute atomic E-state index is 0.157. The molecule has 1 saturated carbocycles. The van der Waals surface area contributed by atoms with E-state index in [9.17, 15) is 18.0 Å². The quantitative estimate of drug-likeness (QED) is 0.632. The van der Waals surface area contributed by atoms with E-state index in [0.717, 1.165) is 5.56 Å². The molecule has 0 bridgehead atoms. The fourth-order valence-corrected chi connectivity index (χ4v) is 5.94. The van der Waals surface area contributed by atoms with Gasteiger partial charge in [-0.25, -0.2) is 13.4 Å². The van der Waals surface area contributed by atoms with Crippen LogP contribution in [0.3, 0.4) is 0 Å². The summed E-state index contributed by atoms with van der Waals surface area (Å²) in [5.41, 5.74) is 0.833. The van der Waals surface area contributed by atoms with E-state index in [2.05, 4.69) is 10.3 Å². The number of ether oxygens (including phenoxy) is 1. The molecular formula is C20H24N4O5S2. The summed E-state index contributed by atoms with van der Waals surface area (Å²) in [5, 5.41) is 4.60. The predicted octanol–water partition coefficient (Wildman–Crippen LogP) is 1.34. The van der Waals surface area contributed by atoms with Crippen molar-refractivity contribution in [3.8, 4) is 5.75 Å². The number of nitrogens with one attached hydrogen (secondary N) is 1. The number of hydrogen-bond acceptors (Lipinski definition) is 7. The molecule has 2 aromatic rings. The number of sulfonamides is 1. The number of anilines is 1. The summed E-state index contributed by atoms with van der Waals surface area (Å²) in [6, 6.07) is 6.52. The molecule has 2 heterocycles. The van der Waals surface area contributed by atoms with Gasteiger partial charge in [-0.15, -0.1) is 11.3 Å². The number of thiazole rings is 1. The molecule has 31 heavy (non-hydrogen) atoms. The van der Waals surface area contributed by atoms with Crippen LogP contribution in [-0.4, -0.2) is 72.5 Å². The Morgan fingerprint density at radius 3 is 2.81 bits per heavy atom. The second-order valence-corrected chi connectivity index (χ2v) is 10.7. The first-order valence-electron chi connectivity index (χ1n) is 10.00. The summed E-state index contributed by atoms with van der Waals surface area (Å²) < 4.78 is 31.6. The van der Waals surface area contributed by atoms with Crippen molar-refractivity contribution >= 4 is 38.3 Å². The number of nitrogens with zero attached hydrogens (tertiary/aromatic N) is 3. The van der Waals surface area contributed by atoms with E-state index in [-0.39, 0.29) is 43.1 Å². The lowest BCUT2D eigenvalue weighted by Gasteiger charge is -2.38. The molecule has 1 saturated heterocycles. The van der Waals surface area contributed by atoms with Gasteiger partial charge in [-0.05, 0) is 30.5 Å². The fraction of sp³-hybridized carbons (Fsp3) is 0.450. The highest BCUT2D eigenvalue weighted by molar-refractivity contribution is 7.90. The number of rotatable bonds is 8. The van der Waals surface area contributed by atoms with Crippen molar-refractivity contribution in [1.82, 2.24) is 14.2 Å². The molecule has 166 valence electrons. The molecule has 2 fully saturated rings. The smallest absolute Gasteiger partial charge is 0.249 e. The van der Waals surface area contributed by atoms with Gasteiger partial charge < -0.3 is 15.0 Å². The van der Waals surface area contributed by atoms with Gasteiger partial charge >= 0.3 is 0 Å². The maximum atomic E-state index is 13.1. The average molecular weight is 465 g/mol. The SMILES string of the molecule is COc1cccc(C[C@@H](C(=O)Nc2nccs2)N2CCN(S(=O)(=O)C3CC3)CC2=O)c1. The molecule has 1 aliphatic heterocycles. The lowest BCUT2D eigenvalue weighted by Crippen LogP contribution is -2.58. The number of carbonyl (C=O) groups is 2. The van der Waals surface area contributed by atoms with Gasteiger partial charge in [-0.1, -0.05) is 12.1 Å². The molecule has 1 N–H and O–H groups in total. The van der Waals surface area contributed by atoms with Gasteiger partial charge in [0.05, 0.1) is 18.9 Å². The Morgan fingerprint density at radius 1 is 1.35 bits per heavy atom. The van der Waals surface area contributed by atoms with Crippen LogP contribution in [0, 0.1) is 0 Å². The van der Waals surface area contributed by atoms with Crippen molar-refractivity contribution in [1.29, 1.82) is 0 Å². The molecule has 1 atom stereocenters. The number of piperazine rings is 1. The van der Waals surface area contributed by atoms with Crippen LogP contribution >= 0.6 is 11.3 Å². The van der Waals surface area contributed by atoms with Crippen molar-refractivity contribution in [2.24, 2.45) is 0 Å². The summed E-state index contributed by atoms with van der Waals surface area (Å²) in [6.45, 7) is 0.104. The van der Waals surface area contributed by atoms with Gasteiger partial charge in [0.2, 0.25) is 21.8 Å². The van der Waals surface area contributed by atoms with Gasteiger partial charge in [-0.3, -0.25) is 9.59 Å². The van der Waals surface area contributed by atoms with Crippen LogP contribution in [0.2, 0.25) is 0 Å². The first-order chi connectivity index (χ1) is 14.9. The summed E-state index contributed by atoms with van der Waals surface area (Å²) in [4.78, 5) is 31.6. The molecule has 0 unspecified atom stereocenters. The summed E-state index contributed by atoms with van der Waals surface area (Å²) in [6.07, 6.45) is 3.15. The van der Waals surface area contributed by atoms with Gasteiger partial charge in [0, 0.05) is 31.1 Å². The molecule has 4 rings (SSSR count). The molecule has 9 nitrogen and oxygen atoms in total. The standard InChI is InChI=1S/C20H24N4O5S2/c1-29-15-4-2-3-14(11-15)12-17(19(26)22-20-21-7-10-30-20)24-9-8-23(13-18(24)25)31(27,28)16-5-6-16/h2-4,7,10-11,16-17H,5-6,8-9,12-13H2,1H3,(H,21,22,26)/t17-/m0/s1. The van der Waals surface area contributed by atoms with Crippen molar-refractivity contribution < 1.29 is 22.7 Å². The third-order valence-electron chi connectivity index (χ3n) is 5.43. The largest absolute Gasteiger partial charge is 0.497 e. The van der Waals surface area contributed by atoms with Gasteiger partial charge in [0.1, 0.15) is 11.8 Å². The number of carbonyl (C=O) groups excluding carboxylic acids is 2. The van der Waals surface area contributed by atoms with E-state index < -0.39 is 16.1 Å². The van der Waals surface area contributed by atoms with Crippen LogP contribution in [-0.2, 0) is 26.0 Å². The van der Waals surface area contributed by atoms with Crippen molar-refractivity contribution in [2.45, 2.75) is 30.6 Å². The highest BCUT2D eigenvalue weighted by Gasteiger charge is 2.44. The third kappa shape index (κ3) is 4.89. The third-order valence-corrected chi connectivity index (χ3v) is 8.47. The Bertz CT molecular complexity index is 1050. The number of hydrogen-bond donors (Lipinski definition) is 1. The molecule has 1 aromatic carbocycles. The molecular weight excluding hydrogens is 440 g/mol. The van der Waals surface area contributed by atoms with E-state index in [1.165, 1.54) is 20.5 Å². The number of methoxy groups -OCH3 is 1. The van der Waals surface area contributed by atoms with Crippen molar-refractivity contribution in [2.75, 3.05) is 32.1 Å². The maximum absolute atomic E-state index is 13.1. The van der Waals surface area contributed by atoms with Gasteiger partial charge in [0.25, 0.3) is 0 Å². The monoisotopic (exact) mass is 464 g/mol. The maximum Gasteiger partial charge on any atom is 0.249 e. The molecule has 0 spiro atoms. The zero-order valence-electron chi connectivity index (χ0n) is 17.1. The van der Waals surface area contributed by atoms with E-state index in [1.54, 1.807) is 24.8 Å². The van der Waals surface area contributed by atoms with Crippen molar-refractivity contribution in [3.63, 3.8) is 0 Å². The Hall–Kier alpha value is -2.50. The first-order valence-corrected chi connectivity index (χ1v) is 12.4. The van der Waals surface area contributed by atoms with E-state index >= 15 is 0 Å². The Kier molecular flexibility index (Phi) is 6.26. The van der Waals surface area contributed by atoms with E-state index in [1.807, 2.05) is 18.2 Å². The van der Waals surface area contributed by atoms with Crippen LogP contribution in [0.1, 0.15) is 18.4 Å². The number of benzene rings is 1. The Labute approximate surface area is 185 Å². The normalized spacial score (nSPS) is 18.6. The van der Waals surface area contributed by atoms with Crippen LogP contribution in [0.5, 0.6) is 5.75 Å². The van der Waals surface area contributed by atoms with Crippen LogP contribution in [0.4, 0.5) is 5.13 Å². The van der Waals surface area contributed by atoms with Gasteiger partial charge in [0.15, 0.2) is 5.13 Å². The summed E-state index contributed by atoms with van der Waals surface area (Å²) >= 11 is 1.29.